The number of primary amides is 1. The van der Waals surface area contributed by atoms with E-state index < -0.39 is 24.0 Å². The lowest BCUT2D eigenvalue weighted by atomic mass is 10.1. The molecule has 3 N–H and O–H groups in total. The van der Waals surface area contributed by atoms with Gasteiger partial charge in [0.25, 0.3) is 5.91 Å². The molecule has 0 aliphatic rings. The Hall–Kier alpha value is -2.02. The molecule has 0 aliphatic heterocycles. The summed E-state index contributed by atoms with van der Waals surface area (Å²) in [6, 6.07) is 5.95. The molecule has 114 valence electrons. The van der Waals surface area contributed by atoms with Gasteiger partial charge in [0, 0.05) is 4.90 Å². The van der Waals surface area contributed by atoms with Crippen LogP contribution in [0.15, 0.2) is 29.2 Å². The molecule has 0 spiro atoms. The second kappa shape index (κ2) is 7.68. The summed E-state index contributed by atoms with van der Waals surface area (Å²) in [5.41, 5.74) is 5.28. The second-order valence-electron chi connectivity index (χ2n) is 4.62. The van der Waals surface area contributed by atoms with Gasteiger partial charge >= 0.3 is 12.0 Å². The maximum atomic E-state index is 12.2. The first-order valence-corrected chi connectivity index (χ1v) is 7.53. The highest BCUT2D eigenvalue weighted by molar-refractivity contribution is 7.98. The highest BCUT2D eigenvalue weighted by atomic mass is 32.2. The molecule has 0 saturated carbocycles. The van der Waals surface area contributed by atoms with E-state index in [0.29, 0.717) is 5.56 Å². The monoisotopic (exact) mass is 310 g/mol. The summed E-state index contributed by atoms with van der Waals surface area (Å²) >= 11 is 1.40. The Bertz CT molecular complexity index is 546. The van der Waals surface area contributed by atoms with E-state index in [0.717, 1.165) is 4.90 Å². The van der Waals surface area contributed by atoms with E-state index in [9.17, 15) is 14.4 Å². The molecular formula is C14H18N2O4S. The predicted molar refractivity (Wildman–Crippen MR) is 80.0 cm³/mol. The Balaban J connectivity index is 2.91. The molecule has 0 bridgehead atoms. The zero-order valence-electron chi connectivity index (χ0n) is 12.1. The van der Waals surface area contributed by atoms with Gasteiger partial charge in [-0.1, -0.05) is 26.0 Å². The lowest BCUT2D eigenvalue weighted by Gasteiger charge is -2.20. The minimum Gasteiger partial charge on any atom is -0.448 e. The van der Waals surface area contributed by atoms with Crippen molar-refractivity contribution in [1.82, 2.24) is 5.32 Å². The number of hydrogen-bond donors (Lipinski definition) is 2. The van der Waals surface area contributed by atoms with Crippen LogP contribution < -0.4 is 11.1 Å². The van der Waals surface area contributed by atoms with Crippen LogP contribution in [-0.2, 0) is 9.53 Å². The number of esters is 1. The van der Waals surface area contributed by atoms with Crippen LogP contribution in [0.2, 0.25) is 0 Å². The highest BCUT2D eigenvalue weighted by Gasteiger charge is 2.28. The molecule has 6 nitrogen and oxygen atoms in total. The SMILES string of the molecule is CSc1ccccc1C(=O)O[C@@H](C(=O)NC(N)=O)C(C)C. The number of rotatable bonds is 5. The fourth-order valence-electron chi connectivity index (χ4n) is 1.68. The van der Waals surface area contributed by atoms with Crippen molar-refractivity contribution in [1.29, 1.82) is 0 Å². The number of thioether (sulfide) groups is 1. The van der Waals surface area contributed by atoms with Gasteiger partial charge in [-0.25, -0.2) is 9.59 Å². The summed E-state index contributed by atoms with van der Waals surface area (Å²) in [5.74, 6) is -1.64. The van der Waals surface area contributed by atoms with Crippen molar-refractivity contribution in [2.45, 2.75) is 24.8 Å². The smallest absolute Gasteiger partial charge is 0.340 e. The minimum atomic E-state index is -1.08. The van der Waals surface area contributed by atoms with Crippen LogP contribution in [0.5, 0.6) is 0 Å². The molecule has 1 aromatic rings. The number of hydrogen-bond acceptors (Lipinski definition) is 5. The highest BCUT2D eigenvalue weighted by Crippen LogP contribution is 2.21. The van der Waals surface area contributed by atoms with E-state index in [2.05, 4.69) is 0 Å². The third kappa shape index (κ3) is 4.78. The number of ether oxygens (including phenoxy) is 1. The van der Waals surface area contributed by atoms with Crippen LogP contribution in [0.3, 0.4) is 0 Å². The second-order valence-corrected chi connectivity index (χ2v) is 5.47. The summed E-state index contributed by atoms with van der Waals surface area (Å²) in [5, 5.41) is 1.93. The average molecular weight is 310 g/mol. The number of nitrogens with one attached hydrogen (secondary N) is 1. The Kier molecular flexibility index (Phi) is 6.23. The number of carbonyl (C=O) groups excluding carboxylic acids is 3. The van der Waals surface area contributed by atoms with E-state index >= 15 is 0 Å². The van der Waals surface area contributed by atoms with Crippen molar-refractivity contribution in [2.24, 2.45) is 11.7 Å². The first-order valence-electron chi connectivity index (χ1n) is 6.31. The molecule has 0 fully saturated rings. The van der Waals surface area contributed by atoms with Crippen LogP contribution in [0.1, 0.15) is 24.2 Å². The van der Waals surface area contributed by atoms with Crippen molar-refractivity contribution >= 4 is 29.7 Å². The lowest BCUT2D eigenvalue weighted by Crippen LogP contribution is -2.45. The van der Waals surface area contributed by atoms with Gasteiger partial charge in [0.1, 0.15) is 0 Å². The molecule has 1 rings (SSSR count). The average Bonchev–Trinajstić information content (AvgIpc) is 2.43. The van der Waals surface area contributed by atoms with Crippen LogP contribution in [-0.4, -0.2) is 30.3 Å². The van der Waals surface area contributed by atoms with Gasteiger partial charge in [-0.05, 0) is 24.3 Å². The molecule has 0 saturated heterocycles. The third-order valence-electron chi connectivity index (χ3n) is 2.67. The van der Waals surface area contributed by atoms with E-state index in [1.165, 1.54) is 11.8 Å². The summed E-state index contributed by atoms with van der Waals surface area (Å²) in [4.78, 5) is 35.5. The van der Waals surface area contributed by atoms with Crippen LogP contribution in [0, 0.1) is 5.92 Å². The van der Waals surface area contributed by atoms with Crippen LogP contribution >= 0.6 is 11.8 Å². The largest absolute Gasteiger partial charge is 0.448 e. The molecule has 21 heavy (non-hydrogen) atoms. The van der Waals surface area contributed by atoms with Gasteiger partial charge in [0.2, 0.25) is 0 Å². The molecule has 1 atom stereocenters. The Labute approximate surface area is 127 Å². The van der Waals surface area contributed by atoms with Gasteiger partial charge in [-0.2, -0.15) is 0 Å². The fraction of sp³-hybridized carbons (Fsp3) is 0.357. The van der Waals surface area contributed by atoms with Crippen molar-refractivity contribution < 1.29 is 19.1 Å². The number of carbonyl (C=O) groups is 3. The summed E-state index contributed by atoms with van der Waals surface area (Å²) in [7, 11) is 0. The van der Waals surface area contributed by atoms with E-state index in [-0.39, 0.29) is 5.92 Å². The molecule has 0 radical (unpaired) electrons. The van der Waals surface area contributed by atoms with Gasteiger partial charge in [0.15, 0.2) is 6.10 Å². The third-order valence-corrected chi connectivity index (χ3v) is 3.47. The Morgan fingerprint density at radius 1 is 1.24 bits per heavy atom. The zero-order chi connectivity index (χ0) is 16.0. The van der Waals surface area contributed by atoms with E-state index in [1.807, 2.05) is 17.6 Å². The lowest BCUT2D eigenvalue weighted by molar-refractivity contribution is -0.130. The van der Waals surface area contributed by atoms with Crippen molar-refractivity contribution in [3.8, 4) is 0 Å². The van der Waals surface area contributed by atoms with Crippen molar-refractivity contribution in [3.63, 3.8) is 0 Å². The maximum Gasteiger partial charge on any atom is 0.340 e. The Morgan fingerprint density at radius 2 is 1.86 bits per heavy atom. The number of urea groups is 1. The summed E-state index contributed by atoms with van der Waals surface area (Å²) in [6.45, 7) is 3.41. The molecular weight excluding hydrogens is 292 g/mol. The fourth-order valence-corrected chi connectivity index (χ4v) is 2.26. The van der Waals surface area contributed by atoms with Crippen LogP contribution in [0.4, 0.5) is 4.79 Å². The first kappa shape index (κ1) is 17.0. The predicted octanol–water partition coefficient (Wildman–Crippen LogP) is 1.78. The number of amides is 3. The van der Waals surface area contributed by atoms with Gasteiger partial charge in [-0.15, -0.1) is 11.8 Å². The molecule has 0 aliphatic carbocycles. The molecule has 0 heterocycles. The van der Waals surface area contributed by atoms with E-state index in [4.69, 9.17) is 10.5 Å². The van der Waals surface area contributed by atoms with Crippen LogP contribution in [0.25, 0.3) is 0 Å². The minimum absolute atomic E-state index is 0.297. The normalized spacial score (nSPS) is 11.8. The van der Waals surface area contributed by atoms with Crippen molar-refractivity contribution in [2.75, 3.05) is 6.26 Å². The summed E-state index contributed by atoms with van der Waals surface area (Å²) < 4.78 is 5.23. The first-order chi connectivity index (χ1) is 9.86. The number of nitrogens with two attached hydrogens (primary N) is 1. The molecule has 3 amide bonds. The van der Waals surface area contributed by atoms with Gasteiger partial charge < -0.3 is 10.5 Å². The molecule has 0 aromatic heterocycles. The molecule has 1 aromatic carbocycles. The van der Waals surface area contributed by atoms with E-state index in [1.54, 1.807) is 32.0 Å². The number of benzene rings is 1. The Morgan fingerprint density at radius 3 is 2.38 bits per heavy atom. The number of imide groups is 1. The standard InChI is InChI=1S/C14H18N2O4S/c1-8(2)11(12(17)16-14(15)19)20-13(18)9-6-4-5-7-10(9)21-3/h4-8,11H,1-3H3,(H3,15,16,17,19)/t11-/m1/s1. The van der Waals surface area contributed by atoms with Crippen molar-refractivity contribution in [3.05, 3.63) is 29.8 Å². The van der Waals surface area contributed by atoms with Gasteiger partial charge in [-0.3, -0.25) is 10.1 Å². The molecule has 0 unspecified atom stereocenters. The molecule has 7 heteroatoms. The maximum absolute atomic E-state index is 12.2. The quantitative estimate of drug-likeness (QED) is 0.638. The topological polar surface area (TPSA) is 98.5 Å². The van der Waals surface area contributed by atoms with Gasteiger partial charge in [0.05, 0.1) is 5.56 Å². The zero-order valence-corrected chi connectivity index (χ0v) is 12.9. The summed E-state index contributed by atoms with van der Waals surface area (Å²) in [6.07, 6.45) is 0.756.